The number of aliphatic hydroxyl groups excluding tert-OH is 1. The van der Waals surface area contributed by atoms with Gasteiger partial charge in [0, 0.05) is 45.4 Å². The van der Waals surface area contributed by atoms with Gasteiger partial charge in [0.1, 0.15) is 11.5 Å². The Morgan fingerprint density at radius 3 is 2.43 bits per heavy atom. The average molecular weight is 531 g/mol. The molecule has 1 aliphatic heterocycles. The maximum absolute atomic E-state index is 13.5. The Kier molecular flexibility index (Phi) is 5.73. The Balaban J connectivity index is 1.79. The molecule has 7 heteroatoms. The fourth-order valence-electron chi connectivity index (χ4n) is 4.67. The molecule has 1 atom stereocenters. The van der Waals surface area contributed by atoms with Gasteiger partial charge in [0.2, 0.25) is 0 Å². The van der Waals surface area contributed by atoms with Crippen LogP contribution in [-0.2, 0) is 16.6 Å². The van der Waals surface area contributed by atoms with Gasteiger partial charge in [-0.3, -0.25) is 14.5 Å². The zero-order valence-electron chi connectivity index (χ0n) is 19.4. The number of anilines is 1. The Hall–Kier alpha value is -3.84. The first-order valence-electron chi connectivity index (χ1n) is 11.1. The third-order valence-corrected chi connectivity index (χ3v) is 7.34. The molecule has 1 saturated heterocycles. The lowest BCUT2D eigenvalue weighted by Crippen LogP contribution is -2.29. The van der Waals surface area contributed by atoms with Crippen LogP contribution in [0.5, 0.6) is 5.75 Å². The molecule has 0 aliphatic carbocycles. The van der Waals surface area contributed by atoms with Crippen LogP contribution in [0.25, 0.3) is 16.7 Å². The number of amides is 1. The Bertz CT molecular complexity index is 1520. The van der Waals surface area contributed by atoms with Crippen LogP contribution in [0, 0.1) is 6.92 Å². The lowest BCUT2D eigenvalue weighted by Gasteiger charge is -2.25. The van der Waals surface area contributed by atoms with E-state index in [9.17, 15) is 14.7 Å². The number of hydrogen-bond acceptors (Lipinski definition) is 4. The summed E-state index contributed by atoms with van der Waals surface area (Å²) in [6.45, 7) is 1.90. The van der Waals surface area contributed by atoms with E-state index in [0.717, 1.165) is 26.5 Å². The van der Waals surface area contributed by atoms with Crippen LogP contribution < -0.4 is 9.64 Å². The van der Waals surface area contributed by atoms with E-state index in [0.29, 0.717) is 17.0 Å². The number of hydrogen-bond donors (Lipinski definition) is 1. The highest BCUT2D eigenvalue weighted by Gasteiger charge is 2.47. The van der Waals surface area contributed by atoms with Crippen molar-refractivity contribution in [1.82, 2.24) is 4.57 Å². The smallest absolute Gasteiger partial charge is 0.300 e. The molecule has 35 heavy (non-hydrogen) atoms. The number of aliphatic hydroxyl groups is 1. The summed E-state index contributed by atoms with van der Waals surface area (Å²) < 4.78 is 8.11. The minimum atomic E-state index is -0.807. The molecule has 1 N–H and O–H groups in total. The fourth-order valence-corrected chi connectivity index (χ4v) is 4.92. The molecule has 1 aliphatic rings. The molecule has 5 rings (SSSR count). The molecule has 0 saturated carbocycles. The normalized spacial score (nSPS) is 17.4. The Morgan fingerprint density at radius 2 is 1.74 bits per heavy atom. The van der Waals surface area contributed by atoms with E-state index in [1.165, 1.54) is 4.90 Å². The Labute approximate surface area is 211 Å². The molecule has 1 amide bonds. The predicted molar refractivity (Wildman–Crippen MR) is 140 cm³/mol. The van der Waals surface area contributed by atoms with E-state index in [1.54, 1.807) is 43.5 Å². The van der Waals surface area contributed by atoms with Gasteiger partial charge in [-0.25, -0.2) is 0 Å². The van der Waals surface area contributed by atoms with Gasteiger partial charge < -0.3 is 14.4 Å². The van der Waals surface area contributed by atoms with Crippen LogP contribution in [0.15, 0.2) is 83.0 Å². The van der Waals surface area contributed by atoms with Gasteiger partial charge >= 0.3 is 0 Å². The number of carbonyl (C=O) groups excluding carboxylic acids is 2. The van der Waals surface area contributed by atoms with Crippen molar-refractivity contribution in [3.8, 4) is 5.75 Å². The molecule has 1 unspecified atom stereocenters. The molecule has 176 valence electrons. The summed E-state index contributed by atoms with van der Waals surface area (Å²) in [4.78, 5) is 28.4. The van der Waals surface area contributed by atoms with E-state index in [2.05, 4.69) is 15.9 Å². The van der Waals surface area contributed by atoms with E-state index in [4.69, 9.17) is 4.74 Å². The fraction of sp³-hybridized carbons (Fsp3) is 0.143. The monoisotopic (exact) mass is 530 g/mol. The van der Waals surface area contributed by atoms with Gasteiger partial charge in [0.05, 0.1) is 18.7 Å². The molecule has 1 fully saturated rings. The second-order valence-electron chi connectivity index (χ2n) is 8.54. The number of halogens is 1. The lowest BCUT2D eigenvalue weighted by atomic mass is 9.94. The first-order valence-corrected chi connectivity index (χ1v) is 11.9. The number of methoxy groups -OCH3 is 1. The zero-order chi connectivity index (χ0) is 24.9. The number of fused-ring (bicyclic) bond motifs is 1. The van der Waals surface area contributed by atoms with Crippen molar-refractivity contribution >= 4 is 50.0 Å². The van der Waals surface area contributed by atoms with Crippen LogP contribution in [0.4, 0.5) is 5.69 Å². The number of rotatable bonds is 4. The van der Waals surface area contributed by atoms with Gasteiger partial charge in [-0.2, -0.15) is 0 Å². The third kappa shape index (κ3) is 3.72. The van der Waals surface area contributed by atoms with E-state index in [1.807, 2.05) is 55.1 Å². The third-order valence-electron chi connectivity index (χ3n) is 6.45. The largest absolute Gasteiger partial charge is 0.507 e. The molecule has 0 spiro atoms. The highest BCUT2D eigenvalue weighted by molar-refractivity contribution is 9.10. The maximum Gasteiger partial charge on any atom is 0.300 e. The minimum absolute atomic E-state index is 0.0592. The van der Waals surface area contributed by atoms with Crippen molar-refractivity contribution in [2.75, 3.05) is 12.0 Å². The molecule has 2 heterocycles. The number of ether oxygens (including phenoxy) is 1. The molecule has 1 aromatic heterocycles. The van der Waals surface area contributed by atoms with Crippen LogP contribution in [-0.4, -0.2) is 28.5 Å². The Morgan fingerprint density at radius 1 is 1.03 bits per heavy atom. The average Bonchev–Trinajstić information content (AvgIpc) is 3.34. The molecule has 3 aromatic carbocycles. The van der Waals surface area contributed by atoms with Crippen molar-refractivity contribution in [2.45, 2.75) is 13.0 Å². The molecule has 4 aromatic rings. The number of aromatic nitrogens is 1. The second kappa shape index (κ2) is 8.74. The van der Waals surface area contributed by atoms with Gasteiger partial charge in [0.15, 0.2) is 0 Å². The van der Waals surface area contributed by atoms with Crippen molar-refractivity contribution in [3.05, 3.63) is 99.7 Å². The summed E-state index contributed by atoms with van der Waals surface area (Å²) in [5, 5.41) is 12.3. The summed E-state index contributed by atoms with van der Waals surface area (Å²) in [5.74, 6) is -0.981. The number of aryl methyl sites for hydroxylation is 2. The number of carbonyl (C=O) groups is 2. The van der Waals surface area contributed by atoms with Gasteiger partial charge in [0.25, 0.3) is 11.7 Å². The summed E-state index contributed by atoms with van der Waals surface area (Å²) in [6.07, 6.45) is 1.91. The molecular formula is C28H23BrN2O4. The molecular weight excluding hydrogens is 508 g/mol. The predicted octanol–water partition coefficient (Wildman–Crippen LogP) is 5.88. The molecule has 6 nitrogen and oxygen atoms in total. The standard InChI is InChI=1S/C28H23BrN2O4/c1-16-14-17(8-13-22(16)29)26(32)24-25(21-15-30(2)23-7-5-4-6-20(21)23)31(28(34)27(24)33)18-9-11-19(35-3)12-10-18/h4-15,25,32H,1-3H3/b26-24+. The van der Waals surface area contributed by atoms with Crippen molar-refractivity contribution in [3.63, 3.8) is 0 Å². The first kappa shape index (κ1) is 22.9. The number of Topliss-reactive ketones (excluding diaryl/α,β-unsaturated/α-hetero) is 1. The maximum atomic E-state index is 13.5. The molecule has 0 radical (unpaired) electrons. The van der Waals surface area contributed by atoms with Crippen molar-refractivity contribution in [2.24, 2.45) is 7.05 Å². The number of nitrogens with zero attached hydrogens (tertiary/aromatic N) is 2. The van der Waals surface area contributed by atoms with Crippen LogP contribution in [0.3, 0.4) is 0 Å². The number of para-hydroxylation sites is 1. The molecule has 0 bridgehead atoms. The van der Waals surface area contributed by atoms with Crippen molar-refractivity contribution < 1.29 is 19.4 Å². The van der Waals surface area contributed by atoms with Crippen LogP contribution >= 0.6 is 15.9 Å². The first-order chi connectivity index (χ1) is 16.8. The van der Waals surface area contributed by atoms with E-state index >= 15 is 0 Å². The van der Waals surface area contributed by atoms with E-state index in [-0.39, 0.29) is 11.3 Å². The number of ketones is 1. The van der Waals surface area contributed by atoms with Gasteiger partial charge in [-0.15, -0.1) is 0 Å². The van der Waals surface area contributed by atoms with Gasteiger partial charge in [-0.1, -0.05) is 40.2 Å². The van der Waals surface area contributed by atoms with Crippen molar-refractivity contribution in [1.29, 1.82) is 0 Å². The summed E-state index contributed by atoms with van der Waals surface area (Å²) in [7, 11) is 3.49. The van der Waals surface area contributed by atoms with Crippen LogP contribution in [0.2, 0.25) is 0 Å². The minimum Gasteiger partial charge on any atom is -0.507 e. The lowest BCUT2D eigenvalue weighted by molar-refractivity contribution is -0.132. The summed E-state index contributed by atoms with van der Waals surface area (Å²) >= 11 is 3.47. The van der Waals surface area contributed by atoms with Crippen LogP contribution in [0.1, 0.15) is 22.7 Å². The SMILES string of the molecule is COc1ccc(N2C(=O)C(=O)/C(=C(/O)c3ccc(Br)c(C)c3)C2c2cn(C)c3ccccc23)cc1. The quantitative estimate of drug-likeness (QED) is 0.203. The van der Waals surface area contributed by atoms with E-state index < -0.39 is 17.7 Å². The zero-order valence-corrected chi connectivity index (χ0v) is 21.0. The summed E-state index contributed by atoms with van der Waals surface area (Å²) in [5.41, 5.74) is 3.69. The topological polar surface area (TPSA) is 71.8 Å². The van der Waals surface area contributed by atoms with Gasteiger partial charge in [-0.05, 0) is 55.0 Å². The summed E-state index contributed by atoms with van der Waals surface area (Å²) in [6, 6.07) is 19.3. The number of benzene rings is 3. The highest BCUT2D eigenvalue weighted by Crippen LogP contribution is 2.45. The second-order valence-corrected chi connectivity index (χ2v) is 9.40. The highest BCUT2D eigenvalue weighted by atomic mass is 79.9.